The summed E-state index contributed by atoms with van der Waals surface area (Å²) in [5.74, 6) is 0.700. The molecular formula is C13H18N6. The van der Waals surface area contributed by atoms with E-state index in [0.29, 0.717) is 12.0 Å². The van der Waals surface area contributed by atoms with E-state index in [-0.39, 0.29) is 0 Å². The SMILES string of the molecule is CN1CCCC1CNc1nnnn1-c1ccccc1. The van der Waals surface area contributed by atoms with Gasteiger partial charge in [0.15, 0.2) is 0 Å². The highest BCUT2D eigenvalue weighted by Gasteiger charge is 2.21. The van der Waals surface area contributed by atoms with Crippen LogP contribution in [0.25, 0.3) is 5.69 Å². The van der Waals surface area contributed by atoms with Crippen LogP contribution in [-0.4, -0.2) is 51.3 Å². The molecule has 6 nitrogen and oxygen atoms in total. The summed E-state index contributed by atoms with van der Waals surface area (Å²) in [7, 11) is 2.17. The Bertz CT molecular complexity index is 523. The molecule has 1 aromatic carbocycles. The quantitative estimate of drug-likeness (QED) is 0.892. The van der Waals surface area contributed by atoms with Crippen LogP contribution in [0.5, 0.6) is 0 Å². The first-order valence-corrected chi connectivity index (χ1v) is 6.62. The van der Waals surface area contributed by atoms with E-state index in [4.69, 9.17) is 0 Å². The van der Waals surface area contributed by atoms with Gasteiger partial charge in [0.05, 0.1) is 5.69 Å². The summed E-state index contributed by atoms with van der Waals surface area (Å²) in [6.07, 6.45) is 2.50. The molecule has 100 valence electrons. The van der Waals surface area contributed by atoms with Crippen LogP contribution in [0.3, 0.4) is 0 Å². The molecule has 1 aliphatic heterocycles. The van der Waals surface area contributed by atoms with Gasteiger partial charge in [-0.3, -0.25) is 0 Å². The summed E-state index contributed by atoms with van der Waals surface area (Å²) in [4.78, 5) is 2.38. The van der Waals surface area contributed by atoms with Crippen molar-refractivity contribution in [1.82, 2.24) is 25.1 Å². The summed E-state index contributed by atoms with van der Waals surface area (Å²) in [5.41, 5.74) is 0.967. The van der Waals surface area contributed by atoms with Crippen molar-refractivity contribution in [2.75, 3.05) is 25.5 Å². The fourth-order valence-electron chi connectivity index (χ4n) is 2.49. The zero-order valence-corrected chi connectivity index (χ0v) is 11.0. The van der Waals surface area contributed by atoms with Crippen molar-refractivity contribution >= 4 is 5.95 Å². The van der Waals surface area contributed by atoms with Crippen LogP contribution in [0.1, 0.15) is 12.8 Å². The van der Waals surface area contributed by atoms with Gasteiger partial charge >= 0.3 is 0 Å². The number of para-hydroxylation sites is 1. The Balaban J connectivity index is 1.71. The third-order valence-corrected chi connectivity index (χ3v) is 3.64. The molecule has 2 heterocycles. The smallest absolute Gasteiger partial charge is 0.247 e. The minimum Gasteiger partial charge on any atom is -0.351 e. The number of benzene rings is 1. The van der Waals surface area contributed by atoms with Crippen molar-refractivity contribution in [3.05, 3.63) is 30.3 Å². The molecule has 1 aromatic heterocycles. The summed E-state index contributed by atoms with van der Waals surface area (Å²) >= 11 is 0. The number of anilines is 1. The molecule has 1 atom stereocenters. The van der Waals surface area contributed by atoms with Crippen LogP contribution < -0.4 is 5.32 Å². The molecule has 6 heteroatoms. The number of hydrogen-bond acceptors (Lipinski definition) is 5. The predicted octanol–water partition coefficient (Wildman–Crippen LogP) is 1.17. The van der Waals surface area contributed by atoms with E-state index in [0.717, 1.165) is 12.2 Å². The maximum atomic E-state index is 4.05. The van der Waals surface area contributed by atoms with Gasteiger partial charge < -0.3 is 10.2 Å². The highest BCUT2D eigenvalue weighted by molar-refractivity contribution is 5.38. The van der Waals surface area contributed by atoms with Gasteiger partial charge in [0.25, 0.3) is 0 Å². The van der Waals surface area contributed by atoms with E-state index in [9.17, 15) is 0 Å². The fourth-order valence-corrected chi connectivity index (χ4v) is 2.49. The molecule has 1 N–H and O–H groups in total. The number of hydrogen-bond donors (Lipinski definition) is 1. The van der Waals surface area contributed by atoms with Crippen molar-refractivity contribution in [2.45, 2.75) is 18.9 Å². The zero-order valence-electron chi connectivity index (χ0n) is 11.0. The molecule has 1 aliphatic rings. The molecule has 3 rings (SSSR count). The maximum Gasteiger partial charge on any atom is 0.247 e. The molecule has 0 spiro atoms. The van der Waals surface area contributed by atoms with Gasteiger partial charge in [0, 0.05) is 12.6 Å². The number of tetrazole rings is 1. The molecule has 1 saturated heterocycles. The third-order valence-electron chi connectivity index (χ3n) is 3.64. The Morgan fingerprint density at radius 3 is 2.89 bits per heavy atom. The lowest BCUT2D eigenvalue weighted by Gasteiger charge is -2.19. The van der Waals surface area contributed by atoms with Gasteiger partial charge in [-0.05, 0) is 49.0 Å². The number of rotatable bonds is 4. The second-order valence-electron chi connectivity index (χ2n) is 4.91. The van der Waals surface area contributed by atoms with Crippen LogP contribution in [0, 0.1) is 0 Å². The highest BCUT2D eigenvalue weighted by atomic mass is 15.6. The van der Waals surface area contributed by atoms with Crippen LogP contribution in [0.2, 0.25) is 0 Å². The Morgan fingerprint density at radius 1 is 1.32 bits per heavy atom. The monoisotopic (exact) mass is 258 g/mol. The van der Waals surface area contributed by atoms with Gasteiger partial charge in [-0.15, -0.1) is 0 Å². The number of aromatic nitrogens is 4. The number of likely N-dealkylation sites (tertiary alicyclic amines) is 1. The van der Waals surface area contributed by atoms with Crippen LogP contribution in [-0.2, 0) is 0 Å². The van der Waals surface area contributed by atoms with Gasteiger partial charge in [0.1, 0.15) is 0 Å². The molecule has 1 fully saturated rings. The van der Waals surface area contributed by atoms with Gasteiger partial charge in [-0.25, -0.2) is 0 Å². The topological polar surface area (TPSA) is 58.9 Å². The van der Waals surface area contributed by atoms with E-state index < -0.39 is 0 Å². The number of nitrogens with one attached hydrogen (secondary N) is 1. The third kappa shape index (κ3) is 2.58. The molecule has 0 radical (unpaired) electrons. The normalized spacial score (nSPS) is 19.7. The molecule has 2 aromatic rings. The number of nitrogens with zero attached hydrogens (tertiary/aromatic N) is 5. The Kier molecular flexibility index (Phi) is 3.41. The van der Waals surface area contributed by atoms with Crippen molar-refractivity contribution in [3.63, 3.8) is 0 Å². The van der Waals surface area contributed by atoms with Gasteiger partial charge in [-0.2, -0.15) is 4.68 Å². The molecule has 0 aliphatic carbocycles. The van der Waals surface area contributed by atoms with E-state index in [1.54, 1.807) is 4.68 Å². The molecule has 0 amide bonds. The predicted molar refractivity (Wildman–Crippen MR) is 73.3 cm³/mol. The molecule has 19 heavy (non-hydrogen) atoms. The van der Waals surface area contributed by atoms with Gasteiger partial charge in [0.2, 0.25) is 5.95 Å². The summed E-state index contributed by atoms with van der Waals surface area (Å²) in [6.45, 7) is 2.06. The Hall–Kier alpha value is -1.95. The average Bonchev–Trinajstić information content (AvgIpc) is 3.06. The van der Waals surface area contributed by atoms with E-state index in [1.165, 1.54) is 19.4 Å². The highest BCUT2D eigenvalue weighted by Crippen LogP contribution is 2.16. The lowest BCUT2D eigenvalue weighted by molar-refractivity contribution is 0.322. The first kappa shape index (κ1) is 12.1. The average molecular weight is 258 g/mol. The largest absolute Gasteiger partial charge is 0.351 e. The first-order chi connectivity index (χ1) is 9.34. The lowest BCUT2D eigenvalue weighted by Crippen LogP contribution is -2.32. The minimum absolute atomic E-state index is 0.570. The Morgan fingerprint density at radius 2 is 2.16 bits per heavy atom. The zero-order chi connectivity index (χ0) is 13.1. The van der Waals surface area contributed by atoms with Crippen molar-refractivity contribution < 1.29 is 0 Å². The lowest BCUT2D eigenvalue weighted by atomic mass is 10.2. The summed E-state index contributed by atoms with van der Waals surface area (Å²) < 4.78 is 1.73. The molecule has 0 saturated carbocycles. The Labute approximate surface area is 112 Å². The van der Waals surface area contributed by atoms with Crippen molar-refractivity contribution in [2.24, 2.45) is 0 Å². The summed E-state index contributed by atoms with van der Waals surface area (Å²) in [6, 6.07) is 10.5. The molecule has 1 unspecified atom stereocenters. The van der Waals surface area contributed by atoms with Crippen LogP contribution in [0.15, 0.2) is 30.3 Å². The van der Waals surface area contributed by atoms with Crippen molar-refractivity contribution in [3.8, 4) is 5.69 Å². The second-order valence-corrected chi connectivity index (χ2v) is 4.91. The standard InChI is InChI=1S/C13H18N6/c1-18-9-5-8-12(18)10-14-13-15-16-17-19(13)11-6-3-2-4-7-11/h2-4,6-7,12H,5,8-10H2,1H3,(H,14,15,17). The van der Waals surface area contributed by atoms with Crippen LogP contribution in [0.4, 0.5) is 5.95 Å². The number of likely N-dealkylation sites (N-methyl/N-ethyl adjacent to an activating group) is 1. The minimum atomic E-state index is 0.570. The van der Waals surface area contributed by atoms with Gasteiger partial charge in [-0.1, -0.05) is 23.3 Å². The fraction of sp³-hybridized carbons (Fsp3) is 0.462. The molecule has 0 bridgehead atoms. The van der Waals surface area contributed by atoms with E-state index >= 15 is 0 Å². The second kappa shape index (κ2) is 5.36. The maximum absolute atomic E-state index is 4.05. The molecular weight excluding hydrogens is 240 g/mol. The van der Waals surface area contributed by atoms with E-state index in [1.807, 2.05) is 30.3 Å². The van der Waals surface area contributed by atoms with E-state index in [2.05, 4.69) is 32.8 Å². The summed E-state index contributed by atoms with van der Waals surface area (Å²) in [5, 5.41) is 15.2. The van der Waals surface area contributed by atoms with Crippen LogP contribution >= 0.6 is 0 Å². The first-order valence-electron chi connectivity index (χ1n) is 6.62. The van der Waals surface area contributed by atoms with Crippen molar-refractivity contribution in [1.29, 1.82) is 0 Å².